The SMILES string of the molecule is O=C(OCC12CC3CC(C1)CC(c1ccc(S(=O)(=O)O)c4c1CCCC4)(C3)C2)C1CC2c3ccccc3C1c1ccccc12. The van der Waals surface area contributed by atoms with E-state index in [0.29, 0.717) is 24.9 Å². The molecule has 3 aromatic carbocycles. The van der Waals surface area contributed by atoms with Crippen LogP contribution in [-0.4, -0.2) is 25.5 Å². The summed E-state index contributed by atoms with van der Waals surface area (Å²) in [5.41, 5.74) is 8.63. The molecule has 4 saturated carbocycles. The number of ether oxygens (including phenoxy) is 1. The minimum absolute atomic E-state index is 0.00253. The van der Waals surface area contributed by atoms with Gasteiger partial charge in [-0.3, -0.25) is 9.35 Å². The van der Waals surface area contributed by atoms with Crippen LogP contribution in [-0.2, 0) is 37.9 Å². The number of carbonyl (C=O) groups is 1. The molecule has 8 aliphatic carbocycles. The second-order valence-electron chi connectivity index (χ2n) is 15.2. The first-order valence-corrected chi connectivity index (χ1v) is 18.1. The van der Waals surface area contributed by atoms with Gasteiger partial charge in [-0.2, -0.15) is 8.42 Å². The Hall–Kier alpha value is -2.96. The average molecular weight is 609 g/mol. The highest BCUT2D eigenvalue weighted by Crippen LogP contribution is 2.66. The van der Waals surface area contributed by atoms with Crippen LogP contribution >= 0.6 is 0 Å². The second-order valence-corrected chi connectivity index (χ2v) is 16.6. The molecule has 1 N–H and O–H groups in total. The fourth-order valence-corrected chi connectivity index (χ4v) is 12.5. The van der Waals surface area contributed by atoms with E-state index in [2.05, 4.69) is 48.5 Å². The second kappa shape index (κ2) is 9.53. The van der Waals surface area contributed by atoms with Crippen molar-refractivity contribution in [1.82, 2.24) is 0 Å². The third-order valence-electron chi connectivity index (χ3n) is 12.7. The number of carbonyl (C=O) groups excluding carboxylic acids is 1. The first-order chi connectivity index (χ1) is 21.2. The van der Waals surface area contributed by atoms with E-state index in [1.165, 1.54) is 39.8 Å². The molecule has 4 fully saturated rings. The normalized spacial score (nSPS) is 34.2. The van der Waals surface area contributed by atoms with Crippen LogP contribution in [0.5, 0.6) is 0 Å². The monoisotopic (exact) mass is 608 g/mol. The van der Waals surface area contributed by atoms with Crippen LogP contribution in [0.1, 0.15) is 109 Å². The molecule has 5 nitrogen and oxygen atoms in total. The smallest absolute Gasteiger partial charge is 0.309 e. The molecule has 8 aliphatic rings. The van der Waals surface area contributed by atoms with Gasteiger partial charge in [0.05, 0.1) is 17.4 Å². The quantitative estimate of drug-likeness (QED) is 0.240. The summed E-state index contributed by atoms with van der Waals surface area (Å²) in [6, 6.07) is 21.0. The molecular weight excluding hydrogens is 568 g/mol. The Labute approximate surface area is 260 Å². The highest BCUT2D eigenvalue weighted by atomic mass is 32.2. The van der Waals surface area contributed by atoms with E-state index in [-0.39, 0.29) is 39.4 Å². The van der Waals surface area contributed by atoms with E-state index in [1.807, 2.05) is 6.07 Å². The van der Waals surface area contributed by atoms with Crippen LogP contribution < -0.4 is 0 Å². The molecule has 228 valence electrons. The molecule has 3 unspecified atom stereocenters. The number of benzene rings is 3. The summed E-state index contributed by atoms with van der Waals surface area (Å²) in [7, 11) is -4.26. The maximum Gasteiger partial charge on any atom is 0.309 e. The van der Waals surface area contributed by atoms with Crippen LogP contribution in [0.4, 0.5) is 0 Å². The Morgan fingerprint density at radius 3 is 2.05 bits per heavy atom. The first-order valence-electron chi connectivity index (χ1n) is 16.7. The van der Waals surface area contributed by atoms with Crippen molar-refractivity contribution in [3.63, 3.8) is 0 Å². The molecule has 0 spiro atoms. The highest BCUT2D eigenvalue weighted by Gasteiger charge is 2.59. The van der Waals surface area contributed by atoms with Crippen LogP contribution in [0.3, 0.4) is 0 Å². The van der Waals surface area contributed by atoms with Gasteiger partial charge in [0.25, 0.3) is 10.1 Å². The summed E-state index contributed by atoms with van der Waals surface area (Å²) in [5.74, 6) is 1.32. The number of hydrogen-bond acceptors (Lipinski definition) is 4. The van der Waals surface area contributed by atoms with Gasteiger partial charge in [-0.15, -0.1) is 0 Å². The molecule has 11 rings (SSSR count). The molecule has 3 atom stereocenters. The van der Waals surface area contributed by atoms with Gasteiger partial charge in [0.15, 0.2) is 0 Å². The molecule has 3 aromatic rings. The lowest BCUT2D eigenvalue weighted by atomic mass is 9.42. The van der Waals surface area contributed by atoms with Gasteiger partial charge in [0.1, 0.15) is 0 Å². The zero-order valence-corrected chi connectivity index (χ0v) is 26.0. The van der Waals surface area contributed by atoms with Gasteiger partial charge in [-0.25, -0.2) is 0 Å². The van der Waals surface area contributed by atoms with Gasteiger partial charge in [0, 0.05) is 17.3 Å². The Morgan fingerprint density at radius 1 is 0.795 bits per heavy atom. The Bertz CT molecular complexity index is 1750. The van der Waals surface area contributed by atoms with E-state index in [4.69, 9.17) is 4.74 Å². The molecule has 0 aromatic heterocycles. The summed E-state index contributed by atoms with van der Waals surface area (Å²) in [6.45, 7) is 0.489. The summed E-state index contributed by atoms with van der Waals surface area (Å²) in [4.78, 5) is 14.2. The lowest BCUT2D eigenvalue weighted by Gasteiger charge is -2.62. The summed E-state index contributed by atoms with van der Waals surface area (Å²) in [6.07, 6.45) is 11.2. The minimum Gasteiger partial charge on any atom is -0.465 e. The molecule has 0 heterocycles. The highest BCUT2D eigenvalue weighted by molar-refractivity contribution is 7.85. The molecule has 0 saturated heterocycles. The fraction of sp³-hybridized carbons (Fsp3) is 0.500. The van der Waals surface area contributed by atoms with Crippen molar-refractivity contribution in [3.8, 4) is 0 Å². The zero-order valence-electron chi connectivity index (χ0n) is 25.1. The third kappa shape index (κ3) is 3.99. The van der Waals surface area contributed by atoms with Crippen molar-refractivity contribution in [3.05, 3.63) is 99.6 Å². The summed E-state index contributed by atoms with van der Waals surface area (Å²) < 4.78 is 41.0. The van der Waals surface area contributed by atoms with E-state index >= 15 is 0 Å². The van der Waals surface area contributed by atoms with Crippen LogP contribution in [0.2, 0.25) is 0 Å². The molecule has 44 heavy (non-hydrogen) atoms. The van der Waals surface area contributed by atoms with Gasteiger partial charge in [-0.1, -0.05) is 54.6 Å². The first kappa shape index (κ1) is 27.4. The molecule has 0 radical (unpaired) electrons. The van der Waals surface area contributed by atoms with Crippen molar-refractivity contribution < 1.29 is 22.5 Å². The van der Waals surface area contributed by atoms with E-state index in [9.17, 15) is 17.8 Å². The number of hydrogen-bond donors (Lipinski definition) is 1. The predicted molar refractivity (Wildman–Crippen MR) is 167 cm³/mol. The maximum absolute atomic E-state index is 14.1. The topological polar surface area (TPSA) is 80.7 Å². The number of fused-ring (bicyclic) bond motifs is 2. The van der Waals surface area contributed by atoms with E-state index in [1.54, 1.807) is 6.07 Å². The number of rotatable bonds is 5. The zero-order chi connectivity index (χ0) is 29.8. The van der Waals surface area contributed by atoms with Crippen molar-refractivity contribution in [1.29, 1.82) is 0 Å². The van der Waals surface area contributed by atoms with E-state index in [0.717, 1.165) is 63.4 Å². The van der Waals surface area contributed by atoms with Gasteiger partial charge in [-0.05, 0) is 133 Å². The number of esters is 1. The molecule has 6 heteroatoms. The Morgan fingerprint density at radius 2 is 1.41 bits per heavy atom. The standard InChI is InChI=1S/C38H40O5S/c39-36(32-16-31-25-7-1-5-11-29(25)35(32)30-12-6-2-8-26(30)31)43-22-37-17-23-15-24(18-37)20-38(19-23,21-37)33-13-14-34(44(40,41)42)28-10-4-3-9-27(28)33/h1-2,5-8,11-14,23-24,31-32,35H,3-4,9-10,15-22H2,(H,40,41,42). The maximum atomic E-state index is 14.1. The minimum atomic E-state index is -4.26. The van der Waals surface area contributed by atoms with E-state index < -0.39 is 10.1 Å². The Balaban J connectivity index is 1.02. The van der Waals surface area contributed by atoms with Crippen LogP contribution in [0.25, 0.3) is 0 Å². The van der Waals surface area contributed by atoms with Gasteiger partial charge in [0.2, 0.25) is 0 Å². The van der Waals surface area contributed by atoms with Crippen molar-refractivity contribution in [2.75, 3.05) is 6.61 Å². The average Bonchev–Trinajstić information content (AvgIpc) is 3.02. The summed E-state index contributed by atoms with van der Waals surface area (Å²) in [5, 5.41) is 0. The Kier molecular flexibility index (Phi) is 5.92. The van der Waals surface area contributed by atoms with Crippen molar-refractivity contribution >= 4 is 16.1 Å². The predicted octanol–water partition coefficient (Wildman–Crippen LogP) is 7.49. The fourth-order valence-electron chi connectivity index (χ4n) is 11.7. The third-order valence-corrected chi connectivity index (χ3v) is 13.6. The van der Waals surface area contributed by atoms with Crippen LogP contribution in [0, 0.1) is 23.2 Å². The van der Waals surface area contributed by atoms with Crippen molar-refractivity contribution in [2.45, 2.75) is 92.8 Å². The lowest BCUT2D eigenvalue weighted by molar-refractivity contribution is -0.163. The summed E-state index contributed by atoms with van der Waals surface area (Å²) >= 11 is 0. The van der Waals surface area contributed by atoms with Crippen molar-refractivity contribution in [2.24, 2.45) is 23.2 Å². The lowest BCUT2D eigenvalue weighted by Crippen LogP contribution is -2.56. The van der Waals surface area contributed by atoms with Gasteiger partial charge >= 0.3 is 5.97 Å². The molecule has 0 amide bonds. The molecule has 6 bridgehead atoms. The molecule has 0 aliphatic heterocycles. The van der Waals surface area contributed by atoms with Crippen LogP contribution in [0.15, 0.2) is 65.6 Å². The molecular formula is C38H40O5S. The van der Waals surface area contributed by atoms with Gasteiger partial charge < -0.3 is 4.74 Å². The largest absolute Gasteiger partial charge is 0.465 e.